The number of piperazine rings is 1. The molecule has 0 aromatic heterocycles. The highest BCUT2D eigenvalue weighted by molar-refractivity contribution is 14.1. The van der Waals surface area contributed by atoms with Crippen molar-refractivity contribution >= 4 is 87.4 Å². The Morgan fingerprint density at radius 2 is 1.87 bits per heavy atom. The summed E-state index contributed by atoms with van der Waals surface area (Å²) in [4.78, 5) is 81.9. The van der Waals surface area contributed by atoms with Crippen LogP contribution in [0, 0.1) is 15.0 Å². The van der Waals surface area contributed by atoms with Gasteiger partial charge < -0.3 is 20.6 Å². The van der Waals surface area contributed by atoms with Crippen molar-refractivity contribution in [1.29, 1.82) is 5.26 Å². The molecule has 17 heteroatoms. The molecule has 2 aromatic rings. The molecule has 3 aliphatic heterocycles. The van der Waals surface area contributed by atoms with Crippen LogP contribution in [0.4, 0.5) is 10.5 Å². The lowest BCUT2D eigenvalue weighted by atomic mass is 10.0. The topological polar surface area (TPSA) is 192 Å². The van der Waals surface area contributed by atoms with Gasteiger partial charge in [-0.3, -0.25) is 34.3 Å². The molecule has 0 saturated carbocycles. The molecule has 0 spiro atoms. The van der Waals surface area contributed by atoms with Crippen LogP contribution in [0.15, 0.2) is 64.0 Å². The summed E-state index contributed by atoms with van der Waals surface area (Å²) in [6.07, 6.45) is 1.85. The van der Waals surface area contributed by atoms with Crippen LogP contribution < -0.4 is 16.0 Å². The Hall–Kier alpha value is -4.28. The van der Waals surface area contributed by atoms with E-state index in [9.17, 15) is 33.9 Å². The lowest BCUT2D eigenvalue weighted by Crippen LogP contribution is -2.71. The monoisotopic (exact) mass is 775 g/mol. The highest BCUT2D eigenvalue weighted by Crippen LogP contribution is 2.46. The fraction of sp³-hybridized carbons (Fsp3) is 0.276. The van der Waals surface area contributed by atoms with Gasteiger partial charge in [-0.15, -0.1) is 11.8 Å². The quantitative estimate of drug-likeness (QED) is 0.0960. The summed E-state index contributed by atoms with van der Waals surface area (Å²) in [6, 6.07) is 10.1. The summed E-state index contributed by atoms with van der Waals surface area (Å²) in [5.74, 6) is -4.24. The number of anilines is 1. The lowest BCUT2D eigenvalue weighted by molar-refractivity contribution is -0.153. The highest BCUT2D eigenvalue weighted by Gasteiger charge is 2.55. The van der Waals surface area contributed by atoms with Gasteiger partial charge in [0.2, 0.25) is 5.91 Å². The molecule has 3 heterocycles. The molecule has 0 bridgehead atoms. The van der Waals surface area contributed by atoms with Crippen molar-refractivity contribution in [1.82, 2.24) is 25.3 Å². The summed E-state index contributed by atoms with van der Waals surface area (Å²) >= 11 is 4.58. The number of carbonyl (C=O) groups excluding carboxylic acids is 5. The molecule has 3 aliphatic rings. The van der Waals surface area contributed by atoms with E-state index in [4.69, 9.17) is 5.26 Å². The molecule has 2 saturated heterocycles. The first kappa shape index (κ1) is 33.1. The number of halogens is 1. The molecule has 2 fully saturated rings. The summed E-state index contributed by atoms with van der Waals surface area (Å²) in [6.45, 7) is 2.14. The summed E-state index contributed by atoms with van der Waals surface area (Å²) in [5, 5.41) is 26.0. The van der Waals surface area contributed by atoms with Crippen LogP contribution in [0.1, 0.15) is 18.5 Å². The molecule has 0 radical (unpaired) electrons. The van der Waals surface area contributed by atoms with Crippen LogP contribution in [0.25, 0.3) is 0 Å². The van der Waals surface area contributed by atoms with Gasteiger partial charge in [0, 0.05) is 44.4 Å². The van der Waals surface area contributed by atoms with E-state index in [1.807, 2.05) is 6.19 Å². The molecular weight excluding hydrogens is 749 g/mol. The third kappa shape index (κ3) is 6.50. The SMILES string of the molecule is CCN1CCN(C(=O)NC(C(=O)N[C@@H]2C(=O)N3C(C(=O)O)=C(Sc4ccc(NC#N)cc4I)CS[C@H]23)c2ccccc2)C(=O)C1=O. The molecule has 0 aliphatic carbocycles. The Labute approximate surface area is 285 Å². The number of carbonyl (C=O) groups is 6. The van der Waals surface area contributed by atoms with Gasteiger partial charge in [-0.05, 0) is 53.3 Å². The van der Waals surface area contributed by atoms with Gasteiger partial charge in [-0.1, -0.05) is 42.1 Å². The number of imide groups is 1. The molecule has 3 atom stereocenters. The third-order valence-electron chi connectivity index (χ3n) is 7.40. The van der Waals surface area contributed by atoms with Crippen molar-refractivity contribution in [2.24, 2.45) is 0 Å². The van der Waals surface area contributed by atoms with Crippen LogP contribution >= 0.6 is 46.1 Å². The number of nitrogens with one attached hydrogen (secondary N) is 3. The van der Waals surface area contributed by atoms with E-state index in [1.165, 1.54) is 28.4 Å². The third-order valence-corrected chi connectivity index (χ3v) is 11.3. The van der Waals surface area contributed by atoms with Crippen molar-refractivity contribution < 1.29 is 33.9 Å². The second kappa shape index (κ2) is 14.0. The molecule has 6 amide bonds. The number of aliphatic carboxylic acids is 1. The zero-order valence-corrected chi connectivity index (χ0v) is 27.8. The van der Waals surface area contributed by atoms with Crippen molar-refractivity contribution in [2.75, 3.05) is 30.7 Å². The van der Waals surface area contributed by atoms with Gasteiger partial charge in [-0.2, -0.15) is 5.26 Å². The van der Waals surface area contributed by atoms with E-state index >= 15 is 0 Å². The van der Waals surface area contributed by atoms with E-state index in [2.05, 4.69) is 38.5 Å². The maximum atomic E-state index is 13.6. The van der Waals surface area contributed by atoms with Gasteiger partial charge in [-0.25, -0.2) is 9.59 Å². The van der Waals surface area contributed by atoms with Crippen LogP contribution in [0.2, 0.25) is 0 Å². The summed E-state index contributed by atoms with van der Waals surface area (Å²) in [7, 11) is 0. The molecule has 238 valence electrons. The number of hydrogen-bond donors (Lipinski definition) is 4. The van der Waals surface area contributed by atoms with E-state index in [0.29, 0.717) is 22.7 Å². The van der Waals surface area contributed by atoms with E-state index < -0.39 is 53.1 Å². The molecular formula is C29H26IN7O7S2. The maximum Gasteiger partial charge on any atom is 0.353 e. The van der Waals surface area contributed by atoms with E-state index in [-0.39, 0.29) is 24.5 Å². The zero-order valence-electron chi connectivity index (χ0n) is 24.1. The fourth-order valence-electron chi connectivity index (χ4n) is 5.08. The number of thioether (sulfide) groups is 2. The van der Waals surface area contributed by atoms with E-state index in [0.717, 1.165) is 18.3 Å². The van der Waals surface area contributed by atoms with Crippen LogP contribution in [0.5, 0.6) is 0 Å². The minimum absolute atomic E-state index is 0.0489. The number of nitrogens with zero attached hydrogens (tertiary/aromatic N) is 4. The Balaban J connectivity index is 1.32. The lowest BCUT2D eigenvalue weighted by Gasteiger charge is -2.49. The van der Waals surface area contributed by atoms with E-state index in [1.54, 1.807) is 55.5 Å². The largest absolute Gasteiger partial charge is 0.477 e. The van der Waals surface area contributed by atoms with Crippen LogP contribution in [0.3, 0.4) is 0 Å². The fourth-order valence-corrected chi connectivity index (χ4v) is 8.40. The smallest absolute Gasteiger partial charge is 0.353 e. The molecule has 5 rings (SSSR count). The summed E-state index contributed by atoms with van der Waals surface area (Å²) < 4.78 is 0.777. The van der Waals surface area contributed by atoms with Crippen molar-refractivity contribution in [3.05, 3.63) is 68.3 Å². The standard InChI is InChI=1S/C29H26IN7O7S2/c1-2-35-10-11-36(26(41)25(35)40)29(44)34-20(15-6-4-3-5-7-15)23(38)33-21-24(39)37-22(28(42)43)19(13-45-27(21)37)46-18-9-8-16(32-14-31)12-17(18)30/h3-9,12,20-21,27,32H,2,10-11,13H2,1H3,(H,33,38)(H,34,44)(H,42,43)/t20?,21-,27-/m1/s1. The second-order valence-electron chi connectivity index (χ2n) is 10.1. The Morgan fingerprint density at radius 1 is 1.13 bits per heavy atom. The number of rotatable bonds is 9. The van der Waals surface area contributed by atoms with Gasteiger partial charge >= 0.3 is 23.8 Å². The zero-order chi connectivity index (χ0) is 33.1. The first-order valence-corrected chi connectivity index (χ1v) is 16.8. The molecule has 46 heavy (non-hydrogen) atoms. The average molecular weight is 776 g/mol. The number of nitriles is 1. The number of β-lactam (4-membered cyclic amide) rings is 1. The highest BCUT2D eigenvalue weighted by atomic mass is 127. The Morgan fingerprint density at radius 3 is 2.52 bits per heavy atom. The average Bonchev–Trinajstić information content (AvgIpc) is 3.04. The first-order valence-electron chi connectivity index (χ1n) is 13.9. The minimum atomic E-state index is -1.32. The molecule has 14 nitrogen and oxygen atoms in total. The number of fused-ring (bicyclic) bond motifs is 1. The number of carboxylic acid groups (broad SMARTS) is 1. The molecule has 2 aromatic carbocycles. The number of hydrogen-bond acceptors (Lipinski definition) is 10. The number of carboxylic acids is 1. The van der Waals surface area contributed by atoms with Crippen molar-refractivity contribution in [2.45, 2.75) is 29.3 Å². The van der Waals surface area contributed by atoms with Crippen molar-refractivity contribution in [3.63, 3.8) is 0 Å². The Kier molecular flexibility index (Phi) is 10.1. The van der Waals surface area contributed by atoms with Gasteiger partial charge in [0.05, 0.1) is 0 Å². The van der Waals surface area contributed by atoms with Crippen molar-refractivity contribution in [3.8, 4) is 6.19 Å². The van der Waals surface area contributed by atoms with Gasteiger partial charge in [0.25, 0.3) is 5.91 Å². The second-order valence-corrected chi connectivity index (χ2v) is 13.5. The number of amides is 6. The summed E-state index contributed by atoms with van der Waals surface area (Å²) in [5.41, 5.74) is 0.777. The van der Waals surface area contributed by atoms with Gasteiger partial charge in [0.1, 0.15) is 23.2 Å². The Bertz CT molecular complexity index is 1700. The normalized spacial score (nSPS) is 19.9. The number of urea groups is 1. The van der Waals surface area contributed by atoms with Crippen LogP contribution in [-0.2, 0) is 24.0 Å². The number of benzene rings is 2. The predicted molar refractivity (Wildman–Crippen MR) is 176 cm³/mol. The molecule has 4 N–H and O–H groups in total. The first-order chi connectivity index (χ1) is 22.0. The maximum absolute atomic E-state index is 13.6. The van der Waals surface area contributed by atoms with Gasteiger partial charge in [0.15, 0.2) is 6.19 Å². The predicted octanol–water partition coefficient (Wildman–Crippen LogP) is 2.11. The van der Waals surface area contributed by atoms with Crippen LogP contribution in [-0.4, -0.2) is 92.2 Å². The molecule has 1 unspecified atom stereocenters. The minimum Gasteiger partial charge on any atom is -0.477 e. The number of likely N-dealkylation sites (N-methyl/N-ethyl adjacent to an activating group) is 1.